The van der Waals surface area contributed by atoms with Gasteiger partial charge >= 0.3 is 0 Å². The summed E-state index contributed by atoms with van der Waals surface area (Å²) in [4.78, 5) is 28.8. The first-order chi connectivity index (χ1) is 11.2. The molecule has 0 N–H and O–H groups in total. The molecule has 2 saturated heterocycles. The van der Waals surface area contributed by atoms with E-state index in [1.165, 1.54) is 0 Å². The van der Waals surface area contributed by atoms with E-state index >= 15 is 0 Å². The van der Waals surface area contributed by atoms with Crippen LogP contribution in [0.2, 0.25) is 0 Å². The van der Waals surface area contributed by atoms with Gasteiger partial charge in [0.1, 0.15) is 5.76 Å². The number of hydrogen-bond acceptors (Lipinski definition) is 4. The van der Waals surface area contributed by atoms with Crippen molar-refractivity contribution in [2.45, 2.75) is 44.4 Å². The molecule has 3 aliphatic rings. The SMILES string of the molecule is O=C1CC(C(=O)N2CCOC3CCCC32)CN1Cc1ccco1. The number of likely N-dealkylation sites (tertiary alicyclic amines) is 1. The summed E-state index contributed by atoms with van der Waals surface area (Å²) in [5.41, 5.74) is 0. The van der Waals surface area contributed by atoms with Crippen molar-refractivity contribution in [1.82, 2.24) is 9.80 Å². The van der Waals surface area contributed by atoms with E-state index in [4.69, 9.17) is 9.15 Å². The van der Waals surface area contributed by atoms with Gasteiger partial charge in [-0.05, 0) is 31.4 Å². The maximum Gasteiger partial charge on any atom is 0.228 e. The topological polar surface area (TPSA) is 63.0 Å². The Hall–Kier alpha value is -1.82. The van der Waals surface area contributed by atoms with Gasteiger partial charge in [-0.15, -0.1) is 0 Å². The number of nitrogens with zero attached hydrogens (tertiary/aromatic N) is 2. The second-order valence-electron chi connectivity index (χ2n) is 6.69. The standard InChI is InChI=1S/C17H22N2O4/c20-16-9-12(10-18(16)11-13-3-2-7-22-13)17(21)19-6-8-23-15-5-1-4-14(15)19/h2-3,7,12,14-15H,1,4-6,8-11H2. The van der Waals surface area contributed by atoms with E-state index in [9.17, 15) is 9.59 Å². The third-order valence-electron chi connectivity index (χ3n) is 5.26. The molecule has 3 fully saturated rings. The predicted molar refractivity (Wildman–Crippen MR) is 81.3 cm³/mol. The van der Waals surface area contributed by atoms with Gasteiger partial charge in [0.15, 0.2) is 0 Å². The van der Waals surface area contributed by atoms with Crippen LogP contribution >= 0.6 is 0 Å². The molecule has 1 aromatic heterocycles. The Labute approximate surface area is 135 Å². The molecule has 4 rings (SSSR count). The largest absolute Gasteiger partial charge is 0.467 e. The molecule has 1 aromatic rings. The summed E-state index contributed by atoms with van der Waals surface area (Å²) in [6.07, 6.45) is 5.30. The molecule has 6 nitrogen and oxygen atoms in total. The number of morpholine rings is 1. The average molecular weight is 318 g/mol. The average Bonchev–Trinajstić information content (AvgIpc) is 3.28. The van der Waals surface area contributed by atoms with Crippen molar-refractivity contribution in [1.29, 1.82) is 0 Å². The quantitative estimate of drug-likeness (QED) is 0.845. The minimum Gasteiger partial charge on any atom is -0.467 e. The molecule has 1 saturated carbocycles. The molecule has 2 amide bonds. The van der Waals surface area contributed by atoms with Crippen LogP contribution in [-0.4, -0.2) is 53.5 Å². The van der Waals surface area contributed by atoms with E-state index in [0.717, 1.165) is 25.0 Å². The lowest BCUT2D eigenvalue weighted by Gasteiger charge is -2.38. The second-order valence-corrected chi connectivity index (χ2v) is 6.69. The summed E-state index contributed by atoms with van der Waals surface area (Å²) in [6, 6.07) is 3.88. The van der Waals surface area contributed by atoms with Gasteiger partial charge in [0.2, 0.25) is 11.8 Å². The highest BCUT2D eigenvalue weighted by Gasteiger charge is 2.43. The maximum atomic E-state index is 12.9. The molecular formula is C17H22N2O4. The second kappa shape index (κ2) is 6.00. The highest BCUT2D eigenvalue weighted by Crippen LogP contribution is 2.32. The molecule has 0 radical (unpaired) electrons. The smallest absolute Gasteiger partial charge is 0.228 e. The molecule has 23 heavy (non-hydrogen) atoms. The van der Waals surface area contributed by atoms with Gasteiger partial charge in [-0.25, -0.2) is 0 Å². The van der Waals surface area contributed by atoms with Gasteiger partial charge in [-0.1, -0.05) is 0 Å². The maximum absolute atomic E-state index is 12.9. The Balaban J connectivity index is 1.42. The number of fused-ring (bicyclic) bond motifs is 1. The van der Waals surface area contributed by atoms with Crippen molar-refractivity contribution < 1.29 is 18.7 Å². The summed E-state index contributed by atoms with van der Waals surface area (Å²) in [5, 5.41) is 0. The van der Waals surface area contributed by atoms with Gasteiger partial charge in [0, 0.05) is 19.5 Å². The van der Waals surface area contributed by atoms with Crippen LogP contribution in [0, 0.1) is 5.92 Å². The number of furan rings is 1. The van der Waals surface area contributed by atoms with Crippen molar-refractivity contribution in [2.24, 2.45) is 5.92 Å². The summed E-state index contributed by atoms with van der Waals surface area (Å²) < 4.78 is 11.1. The van der Waals surface area contributed by atoms with Gasteiger partial charge < -0.3 is 19.0 Å². The van der Waals surface area contributed by atoms with Crippen LogP contribution in [0.25, 0.3) is 0 Å². The lowest BCUT2D eigenvalue weighted by Crippen LogP contribution is -2.53. The first-order valence-corrected chi connectivity index (χ1v) is 8.44. The fourth-order valence-electron chi connectivity index (χ4n) is 4.11. The minimum absolute atomic E-state index is 0.0379. The number of rotatable bonds is 3. The molecule has 0 bridgehead atoms. The number of amides is 2. The van der Waals surface area contributed by atoms with Crippen LogP contribution in [0.3, 0.4) is 0 Å². The van der Waals surface area contributed by atoms with Crippen LogP contribution in [0.5, 0.6) is 0 Å². The first-order valence-electron chi connectivity index (χ1n) is 8.44. The molecule has 3 unspecified atom stereocenters. The van der Waals surface area contributed by atoms with Crippen molar-refractivity contribution in [3.63, 3.8) is 0 Å². The summed E-state index contributed by atoms with van der Waals surface area (Å²) in [7, 11) is 0. The lowest BCUT2D eigenvalue weighted by molar-refractivity contribution is -0.148. The van der Waals surface area contributed by atoms with Gasteiger partial charge in [0.05, 0.1) is 37.5 Å². The highest BCUT2D eigenvalue weighted by atomic mass is 16.5. The van der Waals surface area contributed by atoms with Crippen LogP contribution in [0.15, 0.2) is 22.8 Å². The van der Waals surface area contributed by atoms with E-state index in [1.807, 2.05) is 17.0 Å². The summed E-state index contributed by atoms with van der Waals surface area (Å²) in [6.45, 7) is 2.21. The van der Waals surface area contributed by atoms with Gasteiger partial charge in [-0.3, -0.25) is 9.59 Å². The Morgan fingerprint density at radius 2 is 2.26 bits per heavy atom. The zero-order chi connectivity index (χ0) is 15.8. The van der Waals surface area contributed by atoms with E-state index in [1.54, 1.807) is 11.2 Å². The van der Waals surface area contributed by atoms with Gasteiger partial charge in [0.25, 0.3) is 0 Å². The van der Waals surface area contributed by atoms with E-state index in [2.05, 4.69) is 0 Å². The molecule has 1 aliphatic carbocycles. The van der Waals surface area contributed by atoms with E-state index < -0.39 is 0 Å². The third-order valence-corrected chi connectivity index (χ3v) is 5.26. The molecule has 124 valence electrons. The fourth-order valence-corrected chi connectivity index (χ4v) is 4.11. The third kappa shape index (κ3) is 2.76. The van der Waals surface area contributed by atoms with Crippen LogP contribution in [-0.2, 0) is 20.9 Å². The predicted octanol–water partition coefficient (Wildman–Crippen LogP) is 1.41. The van der Waals surface area contributed by atoms with Crippen LogP contribution in [0.1, 0.15) is 31.4 Å². The van der Waals surface area contributed by atoms with Crippen molar-refractivity contribution in [3.05, 3.63) is 24.2 Å². The molecule has 0 spiro atoms. The Morgan fingerprint density at radius 1 is 1.35 bits per heavy atom. The first kappa shape index (κ1) is 14.8. The molecule has 2 aliphatic heterocycles. The Kier molecular flexibility index (Phi) is 3.85. The number of hydrogen-bond donors (Lipinski definition) is 0. The fraction of sp³-hybridized carbons (Fsp3) is 0.647. The van der Waals surface area contributed by atoms with E-state index in [-0.39, 0.29) is 29.9 Å². The zero-order valence-corrected chi connectivity index (χ0v) is 13.1. The van der Waals surface area contributed by atoms with E-state index in [0.29, 0.717) is 32.7 Å². The van der Waals surface area contributed by atoms with Crippen LogP contribution in [0.4, 0.5) is 0 Å². The Morgan fingerprint density at radius 3 is 3.09 bits per heavy atom. The Bertz CT molecular complexity index is 585. The summed E-state index contributed by atoms with van der Waals surface area (Å²) >= 11 is 0. The molecular weight excluding hydrogens is 296 g/mol. The molecule has 3 heterocycles. The van der Waals surface area contributed by atoms with Crippen molar-refractivity contribution in [3.8, 4) is 0 Å². The van der Waals surface area contributed by atoms with Crippen LogP contribution < -0.4 is 0 Å². The normalized spacial score (nSPS) is 30.8. The lowest BCUT2D eigenvalue weighted by atomic mass is 10.0. The number of carbonyl (C=O) groups is 2. The number of ether oxygens (including phenoxy) is 1. The zero-order valence-electron chi connectivity index (χ0n) is 13.1. The van der Waals surface area contributed by atoms with Crippen molar-refractivity contribution >= 4 is 11.8 Å². The summed E-state index contributed by atoms with van der Waals surface area (Å²) in [5.74, 6) is 0.696. The van der Waals surface area contributed by atoms with Gasteiger partial charge in [-0.2, -0.15) is 0 Å². The minimum atomic E-state index is -0.225. The molecule has 6 heteroatoms. The monoisotopic (exact) mass is 318 g/mol. The van der Waals surface area contributed by atoms with Crippen molar-refractivity contribution in [2.75, 3.05) is 19.7 Å². The molecule has 0 aromatic carbocycles. The molecule has 3 atom stereocenters. The number of carbonyl (C=O) groups excluding carboxylic acids is 2. The highest BCUT2D eigenvalue weighted by molar-refractivity contribution is 5.89.